The maximum absolute atomic E-state index is 10.9. The Bertz CT molecular complexity index is 385. The number of rotatable bonds is 4. The summed E-state index contributed by atoms with van der Waals surface area (Å²) in [6.45, 7) is 1.60. The smallest absolute Gasteiger partial charge is 0.134 e. The molecule has 0 atom stereocenters. The zero-order chi connectivity index (χ0) is 10.8. The minimum Gasteiger partial charge on any atom is -0.300 e. The van der Waals surface area contributed by atoms with Gasteiger partial charge in [-0.25, -0.2) is 0 Å². The minimum atomic E-state index is 0.175. The van der Waals surface area contributed by atoms with Crippen molar-refractivity contribution in [3.63, 3.8) is 0 Å². The van der Waals surface area contributed by atoms with E-state index in [2.05, 4.69) is 0 Å². The van der Waals surface area contributed by atoms with Crippen molar-refractivity contribution in [1.29, 1.82) is 0 Å². The fraction of sp³-hybridized carbons (Fsp3) is 0.417. The second-order valence-corrected chi connectivity index (χ2v) is 5.71. The molecule has 0 unspecified atom stereocenters. The van der Waals surface area contributed by atoms with Crippen LogP contribution in [0, 0.1) is 0 Å². The quantitative estimate of drug-likeness (QED) is 0.798. The van der Waals surface area contributed by atoms with Crippen LogP contribution in [0.2, 0.25) is 5.02 Å². The van der Waals surface area contributed by atoms with Crippen LogP contribution in [0.15, 0.2) is 23.1 Å². The highest BCUT2D eigenvalue weighted by Crippen LogP contribution is 2.41. The topological polar surface area (TPSA) is 17.1 Å². The molecule has 0 radical (unpaired) electrons. The summed E-state index contributed by atoms with van der Waals surface area (Å²) in [5, 5.41) is 1.55. The van der Waals surface area contributed by atoms with Crippen LogP contribution in [-0.4, -0.2) is 11.0 Å². The van der Waals surface area contributed by atoms with E-state index in [4.69, 9.17) is 11.6 Å². The van der Waals surface area contributed by atoms with Crippen molar-refractivity contribution in [2.24, 2.45) is 0 Å². The number of Topliss-reactive ketones (excluding diaryl/α,β-unsaturated/α-hetero) is 1. The van der Waals surface area contributed by atoms with Gasteiger partial charge in [0.25, 0.3) is 0 Å². The molecule has 0 saturated heterocycles. The van der Waals surface area contributed by atoms with Crippen LogP contribution in [0.4, 0.5) is 0 Å². The number of ketones is 1. The van der Waals surface area contributed by atoms with Gasteiger partial charge in [-0.3, -0.25) is 4.79 Å². The van der Waals surface area contributed by atoms with Gasteiger partial charge in [0.15, 0.2) is 0 Å². The first kappa shape index (κ1) is 11.0. The molecule has 1 aromatic carbocycles. The molecule has 0 heterocycles. The van der Waals surface area contributed by atoms with Crippen molar-refractivity contribution in [3.8, 4) is 0 Å². The first-order chi connectivity index (χ1) is 7.15. The summed E-state index contributed by atoms with van der Waals surface area (Å²) >= 11 is 8.00. The van der Waals surface area contributed by atoms with Gasteiger partial charge in [-0.2, -0.15) is 0 Å². The molecule has 0 aromatic heterocycles. The summed E-state index contributed by atoms with van der Waals surface area (Å²) in [7, 11) is 0. The van der Waals surface area contributed by atoms with E-state index in [0.29, 0.717) is 6.42 Å². The molecule has 15 heavy (non-hydrogen) atoms. The summed E-state index contributed by atoms with van der Waals surface area (Å²) < 4.78 is 0. The molecular weight excluding hydrogens is 228 g/mol. The Hall–Kier alpha value is -0.470. The predicted octanol–water partition coefficient (Wildman–Crippen LogP) is 3.73. The molecule has 1 fully saturated rings. The number of hydrogen-bond donors (Lipinski definition) is 0. The van der Waals surface area contributed by atoms with Gasteiger partial charge in [0, 0.05) is 16.6 Å². The highest BCUT2D eigenvalue weighted by molar-refractivity contribution is 8.00. The lowest BCUT2D eigenvalue weighted by Gasteiger charge is -2.05. The molecule has 1 aliphatic carbocycles. The van der Waals surface area contributed by atoms with Crippen LogP contribution in [0.25, 0.3) is 0 Å². The SMILES string of the molecule is CC(=O)Cc1ccc(SC2CC2)c(Cl)c1. The molecule has 3 heteroatoms. The lowest BCUT2D eigenvalue weighted by Crippen LogP contribution is -1.96. The van der Waals surface area contributed by atoms with Crippen LogP contribution in [0.3, 0.4) is 0 Å². The molecule has 80 valence electrons. The van der Waals surface area contributed by atoms with E-state index in [9.17, 15) is 4.79 Å². The number of thioether (sulfide) groups is 1. The summed E-state index contributed by atoms with van der Waals surface area (Å²) in [5.74, 6) is 0.175. The standard InChI is InChI=1S/C12H13ClOS/c1-8(14)6-9-2-5-12(11(13)7-9)15-10-3-4-10/h2,5,7,10H,3-4,6H2,1H3. The van der Waals surface area contributed by atoms with Crippen LogP contribution in [0.1, 0.15) is 25.3 Å². The third kappa shape index (κ3) is 3.25. The van der Waals surface area contributed by atoms with Crippen molar-refractivity contribution >= 4 is 29.1 Å². The van der Waals surface area contributed by atoms with E-state index in [-0.39, 0.29) is 5.78 Å². The third-order valence-corrected chi connectivity index (χ3v) is 4.11. The Morgan fingerprint density at radius 3 is 2.80 bits per heavy atom. The summed E-state index contributed by atoms with van der Waals surface area (Å²) in [4.78, 5) is 12.1. The monoisotopic (exact) mass is 240 g/mol. The first-order valence-corrected chi connectivity index (χ1v) is 6.35. The maximum atomic E-state index is 10.9. The molecule has 0 amide bonds. The molecule has 1 nitrogen and oxygen atoms in total. The predicted molar refractivity (Wildman–Crippen MR) is 64.7 cm³/mol. The summed E-state index contributed by atoms with van der Waals surface area (Å²) in [6.07, 6.45) is 3.08. The van der Waals surface area contributed by atoms with Crippen LogP contribution in [-0.2, 0) is 11.2 Å². The first-order valence-electron chi connectivity index (χ1n) is 5.09. The molecule has 2 rings (SSSR count). The lowest BCUT2D eigenvalue weighted by molar-refractivity contribution is -0.116. The van der Waals surface area contributed by atoms with Gasteiger partial charge >= 0.3 is 0 Å². The van der Waals surface area contributed by atoms with Crippen molar-refractivity contribution in [1.82, 2.24) is 0 Å². The van der Waals surface area contributed by atoms with E-state index in [0.717, 1.165) is 20.7 Å². The fourth-order valence-electron chi connectivity index (χ4n) is 1.40. The fourth-order valence-corrected chi connectivity index (χ4v) is 2.79. The number of benzene rings is 1. The maximum Gasteiger partial charge on any atom is 0.134 e. The molecule has 0 N–H and O–H groups in total. The average Bonchev–Trinajstić information content (AvgIpc) is 2.92. The Kier molecular flexibility index (Phi) is 3.37. The van der Waals surface area contributed by atoms with Crippen LogP contribution in [0.5, 0.6) is 0 Å². The summed E-state index contributed by atoms with van der Waals surface area (Å²) in [6, 6.07) is 5.94. The van der Waals surface area contributed by atoms with Gasteiger partial charge < -0.3 is 0 Å². The molecular formula is C12H13ClOS. The van der Waals surface area contributed by atoms with Crippen LogP contribution < -0.4 is 0 Å². The zero-order valence-electron chi connectivity index (χ0n) is 8.63. The molecule has 1 aromatic rings. The third-order valence-electron chi connectivity index (χ3n) is 2.27. The molecule has 1 aliphatic rings. The van der Waals surface area contributed by atoms with E-state index in [1.165, 1.54) is 12.8 Å². The highest BCUT2D eigenvalue weighted by Gasteiger charge is 2.23. The van der Waals surface area contributed by atoms with E-state index in [1.54, 1.807) is 6.92 Å². The van der Waals surface area contributed by atoms with Crippen molar-refractivity contribution in [2.75, 3.05) is 0 Å². The number of carbonyl (C=O) groups is 1. The number of carbonyl (C=O) groups excluding carboxylic acids is 1. The molecule has 0 bridgehead atoms. The van der Waals surface area contributed by atoms with Gasteiger partial charge in [0.2, 0.25) is 0 Å². The van der Waals surface area contributed by atoms with E-state index in [1.807, 2.05) is 30.0 Å². The van der Waals surface area contributed by atoms with Gasteiger partial charge in [0.05, 0.1) is 5.02 Å². The number of halogens is 1. The summed E-state index contributed by atoms with van der Waals surface area (Å²) in [5.41, 5.74) is 1.01. The minimum absolute atomic E-state index is 0.175. The molecule has 0 aliphatic heterocycles. The lowest BCUT2D eigenvalue weighted by atomic mass is 10.1. The number of hydrogen-bond acceptors (Lipinski definition) is 2. The van der Waals surface area contributed by atoms with Crippen molar-refractivity contribution < 1.29 is 4.79 Å². The van der Waals surface area contributed by atoms with Gasteiger partial charge in [-0.15, -0.1) is 11.8 Å². The van der Waals surface area contributed by atoms with Gasteiger partial charge in [-0.05, 0) is 37.5 Å². The van der Waals surface area contributed by atoms with E-state index < -0.39 is 0 Å². The van der Waals surface area contributed by atoms with Crippen molar-refractivity contribution in [3.05, 3.63) is 28.8 Å². The van der Waals surface area contributed by atoms with E-state index >= 15 is 0 Å². The van der Waals surface area contributed by atoms with Gasteiger partial charge in [-0.1, -0.05) is 17.7 Å². The Balaban J connectivity index is 2.10. The normalized spacial score (nSPS) is 15.3. The Labute approximate surface area is 99.2 Å². The Morgan fingerprint density at radius 1 is 1.53 bits per heavy atom. The molecule has 1 saturated carbocycles. The van der Waals surface area contributed by atoms with Crippen molar-refractivity contribution in [2.45, 2.75) is 36.3 Å². The Morgan fingerprint density at radius 2 is 2.27 bits per heavy atom. The second kappa shape index (κ2) is 4.58. The highest BCUT2D eigenvalue weighted by atomic mass is 35.5. The largest absolute Gasteiger partial charge is 0.300 e. The average molecular weight is 241 g/mol. The molecule has 0 spiro atoms. The zero-order valence-corrected chi connectivity index (χ0v) is 10.2. The van der Waals surface area contributed by atoms with Crippen LogP contribution >= 0.6 is 23.4 Å². The second-order valence-electron chi connectivity index (χ2n) is 3.96. The van der Waals surface area contributed by atoms with Gasteiger partial charge in [0.1, 0.15) is 5.78 Å².